The quantitative estimate of drug-likeness (QED) is 0.557. The van der Waals surface area contributed by atoms with Gasteiger partial charge in [0.15, 0.2) is 0 Å². The molecule has 0 aromatic rings. The van der Waals surface area contributed by atoms with Crippen molar-refractivity contribution in [3.05, 3.63) is 23.8 Å². The van der Waals surface area contributed by atoms with Gasteiger partial charge in [0.2, 0.25) is 0 Å². The molecule has 0 bridgehead atoms. The molecule has 1 aliphatic rings. The van der Waals surface area contributed by atoms with Crippen LogP contribution in [0.25, 0.3) is 0 Å². The van der Waals surface area contributed by atoms with E-state index in [1.54, 1.807) is 0 Å². The molecular weight excluding hydrogens is 122 g/mol. The highest BCUT2D eigenvalue weighted by Crippen LogP contribution is 2.14. The van der Waals surface area contributed by atoms with E-state index in [0.29, 0.717) is 6.04 Å². The molecule has 1 atom stereocenters. The van der Waals surface area contributed by atoms with Crippen molar-refractivity contribution >= 4 is 0 Å². The van der Waals surface area contributed by atoms with Crippen molar-refractivity contribution in [2.45, 2.75) is 19.4 Å². The molecule has 0 aromatic carbocycles. The van der Waals surface area contributed by atoms with Crippen LogP contribution in [0.5, 0.6) is 0 Å². The number of hydrogen-bond acceptors (Lipinski definition) is 1. The maximum absolute atomic E-state index is 3.30. The number of likely N-dealkylation sites (N-methyl/N-ethyl adjacent to an activating group) is 1. The first-order valence-electron chi connectivity index (χ1n) is 3.65. The van der Waals surface area contributed by atoms with Gasteiger partial charge in [0.25, 0.3) is 0 Å². The molecular formula is C9H14N. The molecule has 1 radical (unpaired) electrons. The van der Waals surface area contributed by atoms with E-state index in [0.717, 1.165) is 6.42 Å². The van der Waals surface area contributed by atoms with Gasteiger partial charge >= 0.3 is 0 Å². The number of allylic oxidation sites excluding steroid dienone is 2. The van der Waals surface area contributed by atoms with Gasteiger partial charge in [-0.3, -0.25) is 0 Å². The van der Waals surface area contributed by atoms with Gasteiger partial charge in [0.05, 0.1) is 0 Å². The van der Waals surface area contributed by atoms with E-state index >= 15 is 0 Å². The largest absolute Gasteiger partial charge is 0.303 e. The first kappa shape index (κ1) is 7.55. The third-order valence-corrected chi connectivity index (χ3v) is 1.95. The monoisotopic (exact) mass is 136 g/mol. The minimum atomic E-state index is 0.513. The Morgan fingerprint density at radius 1 is 1.60 bits per heavy atom. The lowest BCUT2D eigenvalue weighted by atomic mass is 10.1. The smallest absolute Gasteiger partial charge is 0.0316 e. The standard InChI is InChI=1S/C9H14N/c1-8(10(2)3)9-6-4-5-7-9/h4,6,8H,5H2,1-3H3. The average Bonchev–Trinajstić information content (AvgIpc) is 2.36. The second-order valence-electron chi connectivity index (χ2n) is 2.88. The fourth-order valence-corrected chi connectivity index (χ4v) is 0.987. The van der Waals surface area contributed by atoms with Gasteiger partial charge in [-0.15, -0.1) is 0 Å². The molecule has 0 spiro atoms. The zero-order valence-corrected chi connectivity index (χ0v) is 6.89. The number of nitrogens with zero attached hydrogens (tertiary/aromatic N) is 1. The van der Waals surface area contributed by atoms with Crippen LogP contribution in [0.1, 0.15) is 13.3 Å². The molecule has 0 aliphatic heterocycles. The molecule has 55 valence electrons. The molecule has 1 nitrogen and oxygen atoms in total. The van der Waals surface area contributed by atoms with Crippen LogP contribution >= 0.6 is 0 Å². The van der Waals surface area contributed by atoms with Gasteiger partial charge in [0, 0.05) is 6.04 Å². The molecule has 0 saturated heterocycles. The summed E-state index contributed by atoms with van der Waals surface area (Å²) in [6.07, 6.45) is 8.60. The van der Waals surface area contributed by atoms with Crippen molar-refractivity contribution < 1.29 is 0 Å². The minimum Gasteiger partial charge on any atom is -0.303 e. The van der Waals surface area contributed by atoms with Crippen molar-refractivity contribution in [3.63, 3.8) is 0 Å². The Bertz CT molecular complexity index is 166. The molecule has 10 heavy (non-hydrogen) atoms. The molecule has 0 saturated carbocycles. The van der Waals surface area contributed by atoms with Crippen LogP contribution in [-0.4, -0.2) is 25.0 Å². The second-order valence-corrected chi connectivity index (χ2v) is 2.88. The maximum Gasteiger partial charge on any atom is 0.0316 e. The van der Waals surface area contributed by atoms with Crippen LogP contribution in [0.2, 0.25) is 0 Å². The first-order valence-corrected chi connectivity index (χ1v) is 3.65. The van der Waals surface area contributed by atoms with Crippen molar-refractivity contribution in [1.29, 1.82) is 0 Å². The van der Waals surface area contributed by atoms with Crippen LogP contribution in [0.3, 0.4) is 0 Å². The summed E-state index contributed by atoms with van der Waals surface area (Å²) in [5.74, 6) is 0. The SMILES string of the molecule is CC(C1=[C]CC=C1)N(C)C. The predicted molar refractivity (Wildman–Crippen MR) is 43.7 cm³/mol. The highest BCUT2D eigenvalue weighted by molar-refractivity contribution is 5.26. The van der Waals surface area contributed by atoms with Crippen molar-refractivity contribution in [2.75, 3.05) is 14.1 Å². The van der Waals surface area contributed by atoms with Crippen molar-refractivity contribution in [3.8, 4) is 0 Å². The molecule has 0 aromatic heterocycles. The molecule has 1 rings (SSSR count). The van der Waals surface area contributed by atoms with Gasteiger partial charge in [-0.25, -0.2) is 0 Å². The van der Waals surface area contributed by atoms with E-state index in [1.807, 2.05) is 0 Å². The predicted octanol–water partition coefficient (Wildman–Crippen LogP) is 1.63. The van der Waals surface area contributed by atoms with Crippen LogP contribution in [0.4, 0.5) is 0 Å². The Morgan fingerprint density at radius 3 is 2.70 bits per heavy atom. The normalized spacial score (nSPS) is 19.8. The van der Waals surface area contributed by atoms with E-state index in [9.17, 15) is 0 Å². The molecule has 0 N–H and O–H groups in total. The zero-order valence-electron chi connectivity index (χ0n) is 6.89. The molecule has 1 unspecified atom stereocenters. The number of rotatable bonds is 2. The summed E-state index contributed by atoms with van der Waals surface area (Å²) < 4.78 is 0. The summed E-state index contributed by atoms with van der Waals surface area (Å²) in [5, 5.41) is 0. The van der Waals surface area contributed by atoms with Crippen LogP contribution < -0.4 is 0 Å². The Kier molecular flexibility index (Phi) is 2.28. The summed E-state index contributed by atoms with van der Waals surface area (Å²) in [6.45, 7) is 2.19. The summed E-state index contributed by atoms with van der Waals surface area (Å²) in [4.78, 5) is 2.19. The molecule has 0 fully saturated rings. The lowest BCUT2D eigenvalue weighted by Crippen LogP contribution is -2.25. The lowest BCUT2D eigenvalue weighted by molar-refractivity contribution is 0.354. The van der Waals surface area contributed by atoms with E-state index < -0.39 is 0 Å². The van der Waals surface area contributed by atoms with Gasteiger partial charge in [0.1, 0.15) is 0 Å². The Morgan fingerprint density at radius 2 is 2.30 bits per heavy atom. The average molecular weight is 136 g/mol. The second kappa shape index (κ2) is 3.02. The van der Waals surface area contributed by atoms with E-state index in [1.165, 1.54) is 5.57 Å². The van der Waals surface area contributed by atoms with Gasteiger partial charge < -0.3 is 4.90 Å². The topological polar surface area (TPSA) is 3.24 Å². The van der Waals surface area contributed by atoms with Crippen LogP contribution in [0, 0.1) is 6.08 Å². The molecule has 0 heterocycles. The Hall–Kier alpha value is -0.560. The van der Waals surface area contributed by atoms with Crippen LogP contribution in [-0.2, 0) is 0 Å². The molecule has 0 amide bonds. The summed E-state index contributed by atoms with van der Waals surface area (Å²) >= 11 is 0. The zero-order chi connectivity index (χ0) is 7.56. The van der Waals surface area contributed by atoms with Gasteiger partial charge in [-0.1, -0.05) is 12.2 Å². The summed E-state index contributed by atoms with van der Waals surface area (Å²) in [6, 6.07) is 0.513. The number of hydrogen-bond donors (Lipinski definition) is 0. The molecule has 1 aliphatic carbocycles. The highest BCUT2D eigenvalue weighted by atomic mass is 15.1. The Balaban J connectivity index is 2.56. The maximum atomic E-state index is 3.30. The van der Waals surface area contributed by atoms with Crippen LogP contribution in [0.15, 0.2) is 17.7 Å². The fourth-order valence-electron chi connectivity index (χ4n) is 0.987. The third-order valence-electron chi connectivity index (χ3n) is 1.95. The lowest BCUT2D eigenvalue weighted by Gasteiger charge is -2.19. The summed E-state index contributed by atoms with van der Waals surface area (Å²) in [7, 11) is 4.18. The van der Waals surface area contributed by atoms with Gasteiger partial charge in [-0.05, 0) is 39.1 Å². The van der Waals surface area contributed by atoms with E-state index in [-0.39, 0.29) is 0 Å². The Labute approximate surface area is 63.0 Å². The minimum absolute atomic E-state index is 0.513. The van der Waals surface area contributed by atoms with Gasteiger partial charge in [-0.2, -0.15) is 0 Å². The van der Waals surface area contributed by atoms with E-state index in [2.05, 4.69) is 44.1 Å². The molecule has 1 heteroatoms. The third kappa shape index (κ3) is 1.48. The fraction of sp³-hybridized carbons (Fsp3) is 0.556. The van der Waals surface area contributed by atoms with Crippen molar-refractivity contribution in [2.24, 2.45) is 0 Å². The highest BCUT2D eigenvalue weighted by Gasteiger charge is 2.09. The summed E-state index contributed by atoms with van der Waals surface area (Å²) in [5.41, 5.74) is 1.32. The van der Waals surface area contributed by atoms with Crippen molar-refractivity contribution in [1.82, 2.24) is 4.90 Å². The van der Waals surface area contributed by atoms with E-state index in [4.69, 9.17) is 0 Å². The first-order chi connectivity index (χ1) is 4.72.